The number of rotatable bonds is 6. The topological polar surface area (TPSA) is 142 Å². The summed E-state index contributed by atoms with van der Waals surface area (Å²) in [5.41, 5.74) is -0.338. The molecule has 10 nitrogen and oxygen atoms in total. The second-order valence-electron chi connectivity index (χ2n) is 4.50. The Morgan fingerprint density at radius 2 is 2.12 bits per heavy atom. The first-order valence-corrected chi connectivity index (χ1v) is 9.47. The van der Waals surface area contributed by atoms with Gasteiger partial charge >= 0.3 is 45.8 Å². The Labute approximate surface area is 183 Å². The zero-order valence-electron chi connectivity index (χ0n) is 12.0. The van der Waals surface area contributed by atoms with Gasteiger partial charge in [-0.3, -0.25) is 14.1 Å². The van der Waals surface area contributed by atoms with Crippen molar-refractivity contribution in [1.82, 2.24) is 9.62 Å². The van der Waals surface area contributed by atoms with Crippen molar-refractivity contribution in [3.05, 3.63) is 22.4 Å². The fourth-order valence-electron chi connectivity index (χ4n) is 1.68. The van der Waals surface area contributed by atoms with Crippen LogP contribution in [0, 0.1) is 0 Å². The number of alkyl halides is 2. The van der Waals surface area contributed by atoms with Crippen molar-refractivity contribution in [3.63, 3.8) is 0 Å². The quantitative estimate of drug-likeness (QED) is 0.110. The predicted molar refractivity (Wildman–Crippen MR) is 94.8 cm³/mol. The molecule has 2 amide bonds. The summed E-state index contributed by atoms with van der Waals surface area (Å²) in [5, 5.41) is 7.24. The Hall–Kier alpha value is -0.730. The van der Waals surface area contributed by atoms with Crippen LogP contribution in [0.4, 0.5) is 0 Å². The van der Waals surface area contributed by atoms with Gasteiger partial charge in [-0.1, -0.05) is 34.4 Å². The van der Waals surface area contributed by atoms with Crippen LogP contribution in [0.1, 0.15) is 4.88 Å². The fourth-order valence-corrected chi connectivity index (χ4v) is 3.15. The molecule has 1 aliphatic rings. The van der Waals surface area contributed by atoms with Gasteiger partial charge in [0.15, 0.2) is 5.71 Å². The number of hydrogen-bond donors (Lipinski definition) is 2. The number of nitrogens with one attached hydrogen (secondary N) is 1. The first-order valence-electron chi connectivity index (χ1n) is 6.32. The first-order chi connectivity index (χ1) is 11.6. The third-order valence-corrected chi connectivity index (χ3v) is 4.97. The van der Waals surface area contributed by atoms with Gasteiger partial charge in [0.05, 0.1) is 11.4 Å². The van der Waals surface area contributed by atoms with E-state index in [0.717, 1.165) is 11.3 Å². The maximum absolute atomic E-state index is 12.3. The number of nitrogens with zero attached hydrogens (tertiary/aromatic N) is 2. The molecule has 2 heterocycles. The monoisotopic (exact) mass is 453 g/mol. The minimum atomic E-state index is -4.67. The van der Waals surface area contributed by atoms with E-state index in [-0.39, 0.29) is 39.6 Å². The van der Waals surface area contributed by atoms with Crippen LogP contribution < -0.4 is 5.32 Å². The Balaban J connectivity index is 0.00000338. The van der Waals surface area contributed by atoms with Crippen molar-refractivity contribution in [3.8, 4) is 0 Å². The summed E-state index contributed by atoms with van der Waals surface area (Å²) in [6, 6.07) is 1.93. The third kappa shape index (κ3) is 5.63. The first kappa shape index (κ1) is 23.3. The Morgan fingerprint density at radius 3 is 2.58 bits per heavy atom. The predicted octanol–water partition coefficient (Wildman–Crippen LogP) is -0.720. The van der Waals surface area contributed by atoms with Crippen molar-refractivity contribution >= 4 is 97.9 Å². The fraction of sp³-hybridized carbons (Fsp3) is 0.273. The van der Waals surface area contributed by atoms with Crippen molar-refractivity contribution in [1.29, 1.82) is 0 Å². The number of halogens is 2. The molecule has 0 radical (unpaired) electrons. The van der Waals surface area contributed by atoms with E-state index in [1.807, 2.05) is 0 Å². The van der Waals surface area contributed by atoms with Gasteiger partial charge in [0, 0.05) is 0 Å². The molecule has 2 rings (SSSR count). The average Bonchev–Trinajstić information content (AvgIpc) is 3.03. The van der Waals surface area contributed by atoms with E-state index < -0.39 is 45.5 Å². The molecule has 0 aliphatic carbocycles. The number of β-lactam (4-membered cyclic amide) rings is 1. The van der Waals surface area contributed by atoms with Crippen LogP contribution in [0.15, 0.2) is 22.7 Å². The van der Waals surface area contributed by atoms with Crippen molar-refractivity contribution in [2.75, 3.05) is 6.54 Å². The summed E-state index contributed by atoms with van der Waals surface area (Å²) < 4.78 is 30.7. The molecule has 0 bridgehead atoms. The molecule has 1 aromatic heterocycles. The van der Waals surface area contributed by atoms with Crippen molar-refractivity contribution in [2.24, 2.45) is 5.16 Å². The number of amides is 2. The summed E-state index contributed by atoms with van der Waals surface area (Å²) in [7, 11) is -4.67. The van der Waals surface area contributed by atoms with E-state index >= 15 is 0 Å². The van der Waals surface area contributed by atoms with Crippen LogP contribution in [0.3, 0.4) is 0 Å². The summed E-state index contributed by atoms with van der Waals surface area (Å²) in [4.78, 5) is 38.4. The molecule has 0 aromatic carbocycles. The summed E-state index contributed by atoms with van der Waals surface area (Å²) >= 11 is 11.7. The Kier molecular flexibility index (Phi) is 8.48. The molecule has 15 heteroatoms. The normalized spacial score (nSPS) is 17.4. The van der Waals surface area contributed by atoms with E-state index in [2.05, 4.69) is 15.3 Å². The molecule has 1 saturated heterocycles. The van der Waals surface area contributed by atoms with Crippen LogP contribution in [0.2, 0.25) is 0 Å². The molecular formula is C11H10Cl2N3NaO7S2. The van der Waals surface area contributed by atoms with Gasteiger partial charge in [-0.25, -0.2) is 9.10 Å². The van der Waals surface area contributed by atoms with Gasteiger partial charge in [0.2, 0.25) is 4.84 Å². The zero-order chi connectivity index (χ0) is 18.8. The van der Waals surface area contributed by atoms with E-state index in [1.54, 1.807) is 11.4 Å². The van der Waals surface area contributed by atoms with Crippen molar-refractivity contribution in [2.45, 2.75) is 10.9 Å². The van der Waals surface area contributed by atoms with Gasteiger partial charge in [0.1, 0.15) is 6.04 Å². The molecule has 1 aromatic rings. The SMILES string of the molecule is O=C(NC1CN(S(=O)(=O)O)C1=O)C(=NOC(=O)C(Cl)Cl)c1cccs1.[NaH]. The standard InChI is InChI=1S/C11H9Cl2N3O7S2.Na.H/c12-8(13)11(19)23-15-7(6-2-1-3-24-6)9(17)14-5-4-16(10(5)18)25(20,21)22;;/h1-3,5,8H,4H2,(H,14,17)(H,20,21,22);;. The molecule has 0 saturated carbocycles. The van der Waals surface area contributed by atoms with E-state index in [1.165, 1.54) is 6.07 Å². The summed E-state index contributed by atoms with van der Waals surface area (Å²) in [5.74, 6) is -3.02. The second-order valence-corrected chi connectivity index (χ2v) is 7.88. The summed E-state index contributed by atoms with van der Waals surface area (Å²) in [6.07, 6.45) is 0. The number of hydrogen-bond acceptors (Lipinski definition) is 8. The molecule has 1 fully saturated rings. The van der Waals surface area contributed by atoms with Crippen LogP contribution in [-0.2, 0) is 29.5 Å². The molecular weight excluding hydrogens is 444 g/mol. The van der Waals surface area contributed by atoms with Crippen LogP contribution in [-0.4, -0.2) is 87.8 Å². The molecule has 1 unspecified atom stereocenters. The Bertz CT molecular complexity index is 829. The number of carbonyl (C=O) groups excluding carboxylic acids is 3. The van der Waals surface area contributed by atoms with Crippen LogP contribution in [0.25, 0.3) is 0 Å². The number of carbonyl (C=O) groups is 3. The molecule has 1 atom stereocenters. The second kappa shape index (κ2) is 9.46. The molecule has 26 heavy (non-hydrogen) atoms. The average molecular weight is 454 g/mol. The van der Waals surface area contributed by atoms with Crippen LogP contribution in [0.5, 0.6) is 0 Å². The van der Waals surface area contributed by atoms with Gasteiger partial charge in [-0.15, -0.1) is 11.3 Å². The van der Waals surface area contributed by atoms with Gasteiger partial charge in [-0.2, -0.15) is 8.42 Å². The summed E-state index contributed by atoms with van der Waals surface area (Å²) in [6.45, 7) is -0.438. The van der Waals surface area contributed by atoms with E-state index in [9.17, 15) is 22.8 Å². The van der Waals surface area contributed by atoms with Gasteiger partial charge < -0.3 is 10.2 Å². The molecule has 138 valence electrons. The molecule has 2 N–H and O–H groups in total. The minimum absolute atomic E-state index is 0. The van der Waals surface area contributed by atoms with Crippen molar-refractivity contribution < 1.29 is 32.2 Å². The number of thiophene rings is 1. The van der Waals surface area contributed by atoms with Gasteiger partial charge in [-0.05, 0) is 11.4 Å². The Morgan fingerprint density at radius 1 is 1.46 bits per heavy atom. The number of oxime groups is 1. The maximum atomic E-state index is 12.3. The van der Waals surface area contributed by atoms with E-state index in [4.69, 9.17) is 27.8 Å². The van der Waals surface area contributed by atoms with E-state index in [0.29, 0.717) is 4.88 Å². The molecule has 0 spiro atoms. The zero-order valence-corrected chi connectivity index (χ0v) is 15.1. The third-order valence-electron chi connectivity index (χ3n) is 2.85. The van der Waals surface area contributed by atoms with Crippen LogP contribution >= 0.6 is 34.5 Å². The molecule has 1 aliphatic heterocycles. The van der Waals surface area contributed by atoms with Gasteiger partial charge in [0.25, 0.3) is 11.8 Å².